The van der Waals surface area contributed by atoms with Crippen molar-refractivity contribution in [2.24, 2.45) is 7.05 Å². The van der Waals surface area contributed by atoms with E-state index < -0.39 is 5.82 Å². The van der Waals surface area contributed by atoms with Gasteiger partial charge >= 0.3 is 0 Å². The molecule has 2 aromatic rings. The fourth-order valence-corrected chi connectivity index (χ4v) is 1.38. The highest BCUT2D eigenvalue weighted by atomic mass is 35.5. The molecule has 0 radical (unpaired) electrons. The Morgan fingerprint density at radius 2 is 2.21 bits per heavy atom. The van der Waals surface area contributed by atoms with Crippen LogP contribution in [-0.2, 0) is 7.05 Å². The van der Waals surface area contributed by atoms with E-state index in [-0.39, 0.29) is 5.02 Å². The Kier molecular flexibility index (Phi) is 2.21. The number of halogens is 2. The molecule has 2 rings (SSSR count). The molecule has 0 saturated heterocycles. The summed E-state index contributed by atoms with van der Waals surface area (Å²) in [5, 5.41) is 7.56. The molecule has 72 valence electrons. The van der Waals surface area contributed by atoms with E-state index in [1.807, 2.05) is 0 Å². The largest absolute Gasteiger partial charge is 0.317 e. The van der Waals surface area contributed by atoms with Crippen molar-refractivity contribution in [1.29, 1.82) is 0 Å². The van der Waals surface area contributed by atoms with E-state index in [4.69, 9.17) is 11.6 Å². The fourth-order valence-electron chi connectivity index (χ4n) is 1.20. The molecule has 3 nitrogen and oxygen atoms in total. The lowest BCUT2D eigenvalue weighted by Gasteiger charge is -2.02. The third-order valence-electron chi connectivity index (χ3n) is 1.90. The van der Waals surface area contributed by atoms with E-state index in [2.05, 4.69) is 10.2 Å². The van der Waals surface area contributed by atoms with Crippen molar-refractivity contribution in [2.45, 2.75) is 0 Å². The monoisotopic (exact) mass is 211 g/mol. The topological polar surface area (TPSA) is 30.7 Å². The van der Waals surface area contributed by atoms with Crippen molar-refractivity contribution >= 4 is 11.6 Å². The Bertz CT molecular complexity index is 467. The molecule has 0 fully saturated rings. The maximum atomic E-state index is 13.5. The zero-order valence-electron chi connectivity index (χ0n) is 7.41. The number of rotatable bonds is 1. The maximum Gasteiger partial charge on any atom is 0.166 e. The van der Waals surface area contributed by atoms with Crippen molar-refractivity contribution in [3.8, 4) is 11.4 Å². The maximum absolute atomic E-state index is 13.5. The van der Waals surface area contributed by atoms with Gasteiger partial charge in [0, 0.05) is 7.05 Å². The molecule has 0 saturated carbocycles. The molecule has 0 aliphatic heterocycles. The zero-order valence-corrected chi connectivity index (χ0v) is 8.16. The minimum atomic E-state index is -0.467. The highest BCUT2D eigenvalue weighted by Crippen LogP contribution is 2.25. The number of aryl methyl sites for hydroxylation is 1. The molecule has 0 atom stereocenters. The molecule has 1 aromatic heterocycles. The Morgan fingerprint density at radius 1 is 1.43 bits per heavy atom. The summed E-state index contributed by atoms with van der Waals surface area (Å²) in [4.78, 5) is 0. The van der Waals surface area contributed by atoms with Gasteiger partial charge in [-0.05, 0) is 12.1 Å². The van der Waals surface area contributed by atoms with Crippen LogP contribution in [0.15, 0.2) is 24.5 Å². The van der Waals surface area contributed by atoms with Crippen molar-refractivity contribution < 1.29 is 4.39 Å². The van der Waals surface area contributed by atoms with Crippen LogP contribution in [0.4, 0.5) is 4.39 Å². The Labute approximate surface area is 85.1 Å². The summed E-state index contributed by atoms with van der Waals surface area (Å²) < 4.78 is 15.2. The summed E-state index contributed by atoms with van der Waals surface area (Å²) >= 11 is 5.65. The first kappa shape index (κ1) is 9.15. The predicted octanol–water partition coefficient (Wildman–Crippen LogP) is 2.27. The second kappa shape index (κ2) is 3.38. The van der Waals surface area contributed by atoms with Crippen molar-refractivity contribution in [2.75, 3.05) is 0 Å². The first-order valence-electron chi connectivity index (χ1n) is 3.98. The average Bonchev–Trinajstić information content (AvgIpc) is 2.57. The number of benzene rings is 1. The average molecular weight is 212 g/mol. The van der Waals surface area contributed by atoms with Gasteiger partial charge in [0.1, 0.15) is 6.33 Å². The van der Waals surface area contributed by atoms with E-state index in [1.165, 1.54) is 12.4 Å². The molecule has 0 N–H and O–H groups in total. The molecule has 0 spiro atoms. The van der Waals surface area contributed by atoms with Crippen LogP contribution in [0.2, 0.25) is 5.02 Å². The van der Waals surface area contributed by atoms with Crippen LogP contribution >= 0.6 is 11.6 Å². The van der Waals surface area contributed by atoms with Crippen LogP contribution in [0, 0.1) is 5.82 Å². The van der Waals surface area contributed by atoms with E-state index in [0.717, 1.165) is 0 Å². The molecule has 1 aromatic carbocycles. The molecule has 0 bridgehead atoms. The molecule has 14 heavy (non-hydrogen) atoms. The first-order chi connectivity index (χ1) is 6.70. The van der Waals surface area contributed by atoms with Gasteiger partial charge < -0.3 is 4.57 Å². The van der Waals surface area contributed by atoms with Gasteiger partial charge in [0.05, 0.1) is 10.6 Å². The molecule has 0 aliphatic rings. The van der Waals surface area contributed by atoms with Crippen LogP contribution < -0.4 is 0 Å². The first-order valence-corrected chi connectivity index (χ1v) is 4.36. The fraction of sp³-hybridized carbons (Fsp3) is 0.111. The van der Waals surface area contributed by atoms with Gasteiger partial charge in [-0.25, -0.2) is 4.39 Å². The predicted molar refractivity (Wildman–Crippen MR) is 51.4 cm³/mol. The van der Waals surface area contributed by atoms with Crippen LogP contribution in [0.5, 0.6) is 0 Å². The number of aromatic nitrogens is 3. The normalized spacial score (nSPS) is 10.5. The highest BCUT2D eigenvalue weighted by molar-refractivity contribution is 6.31. The van der Waals surface area contributed by atoms with Crippen LogP contribution in [0.25, 0.3) is 11.4 Å². The minimum absolute atomic E-state index is 0.0884. The second-order valence-corrected chi connectivity index (χ2v) is 3.27. The van der Waals surface area contributed by atoms with Gasteiger partial charge in [0.25, 0.3) is 0 Å². The highest BCUT2D eigenvalue weighted by Gasteiger charge is 2.12. The summed E-state index contributed by atoms with van der Waals surface area (Å²) in [6.45, 7) is 0. The lowest BCUT2D eigenvalue weighted by molar-refractivity contribution is 0.629. The van der Waals surface area contributed by atoms with Gasteiger partial charge in [-0.2, -0.15) is 0 Å². The quantitative estimate of drug-likeness (QED) is 0.725. The molecule has 5 heteroatoms. The number of hydrogen-bond acceptors (Lipinski definition) is 2. The summed E-state index contributed by atoms with van der Waals surface area (Å²) in [5.41, 5.74) is 0.359. The lowest BCUT2D eigenvalue weighted by Crippen LogP contribution is -1.94. The van der Waals surface area contributed by atoms with Crippen molar-refractivity contribution in [1.82, 2.24) is 14.8 Å². The Morgan fingerprint density at radius 3 is 2.86 bits per heavy atom. The molecular weight excluding hydrogens is 205 g/mol. The number of hydrogen-bond donors (Lipinski definition) is 0. The second-order valence-electron chi connectivity index (χ2n) is 2.87. The molecular formula is C9H7ClFN3. The number of nitrogens with zero attached hydrogens (tertiary/aromatic N) is 3. The molecule has 0 unspecified atom stereocenters. The van der Waals surface area contributed by atoms with Crippen molar-refractivity contribution in [3.05, 3.63) is 35.4 Å². The van der Waals surface area contributed by atoms with Gasteiger partial charge in [-0.1, -0.05) is 17.7 Å². The molecule has 0 amide bonds. The van der Waals surface area contributed by atoms with E-state index in [9.17, 15) is 4.39 Å². The summed E-state index contributed by atoms with van der Waals surface area (Å²) in [5.74, 6) is -0.00438. The minimum Gasteiger partial charge on any atom is -0.317 e. The summed E-state index contributed by atoms with van der Waals surface area (Å²) in [7, 11) is 1.75. The van der Waals surface area contributed by atoms with Crippen molar-refractivity contribution in [3.63, 3.8) is 0 Å². The van der Waals surface area contributed by atoms with Crippen LogP contribution in [-0.4, -0.2) is 14.8 Å². The smallest absolute Gasteiger partial charge is 0.166 e. The van der Waals surface area contributed by atoms with E-state index in [0.29, 0.717) is 11.4 Å². The third-order valence-corrected chi connectivity index (χ3v) is 2.20. The summed E-state index contributed by atoms with van der Waals surface area (Å²) in [6.07, 6.45) is 1.51. The van der Waals surface area contributed by atoms with Crippen LogP contribution in [0.1, 0.15) is 0 Å². The van der Waals surface area contributed by atoms with Gasteiger partial charge in [0.2, 0.25) is 0 Å². The van der Waals surface area contributed by atoms with E-state index >= 15 is 0 Å². The molecule has 0 aliphatic carbocycles. The molecule has 1 heterocycles. The van der Waals surface area contributed by atoms with Crippen LogP contribution in [0.3, 0.4) is 0 Å². The third kappa shape index (κ3) is 1.37. The van der Waals surface area contributed by atoms with E-state index in [1.54, 1.807) is 23.7 Å². The van der Waals surface area contributed by atoms with Gasteiger partial charge in [-0.15, -0.1) is 10.2 Å². The standard InChI is InChI=1S/C9H7ClFN3/c1-14-5-12-13-9(14)6-3-2-4-7(10)8(6)11/h2-5H,1H3. The van der Waals surface area contributed by atoms with Gasteiger partial charge in [-0.3, -0.25) is 0 Å². The lowest BCUT2D eigenvalue weighted by atomic mass is 10.2. The summed E-state index contributed by atoms with van der Waals surface area (Å²) in [6, 6.07) is 4.79. The zero-order chi connectivity index (χ0) is 10.1. The van der Waals surface area contributed by atoms with Gasteiger partial charge in [0.15, 0.2) is 11.6 Å². The Balaban J connectivity index is 2.63. The Hall–Kier alpha value is -1.42. The SMILES string of the molecule is Cn1cnnc1-c1cccc(Cl)c1F.